The highest BCUT2D eigenvalue weighted by Gasteiger charge is 2.62. The van der Waals surface area contributed by atoms with E-state index in [4.69, 9.17) is 11.5 Å². The van der Waals surface area contributed by atoms with Crippen LogP contribution in [-0.4, -0.2) is 23.3 Å². The minimum absolute atomic E-state index is 0.134. The van der Waals surface area contributed by atoms with E-state index in [2.05, 4.69) is 34.6 Å². The van der Waals surface area contributed by atoms with Gasteiger partial charge in [0.15, 0.2) is 0 Å². The molecule has 4 rings (SSSR count). The topological polar surface area (TPSA) is 72.3 Å². The third kappa shape index (κ3) is 3.59. The molecular weight excluding hydrogens is 368 g/mol. The van der Waals surface area contributed by atoms with Crippen LogP contribution >= 0.6 is 0 Å². The van der Waals surface area contributed by atoms with Crippen LogP contribution < -0.4 is 11.5 Å². The number of hydrogen-bond acceptors (Lipinski definition) is 3. The van der Waals surface area contributed by atoms with Crippen molar-refractivity contribution in [3.63, 3.8) is 0 Å². The summed E-state index contributed by atoms with van der Waals surface area (Å²) >= 11 is 0. The van der Waals surface area contributed by atoms with Gasteiger partial charge >= 0.3 is 0 Å². The summed E-state index contributed by atoms with van der Waals surface area (Å²) in [7, 11) is 0. The van der Waals surface area contributed by atoms with E-state index in [-0.39, 0.29) is 17.5 Å². The standard InChI is InChI=1S/C27H50N2O/c1-16(2)7-6-8-17(3)19-11-12-20-18-9-10-22-24(29)25(30)23(28)15-27(22,5)21(18)13-14-26(19,20)4/h16-25,30H,6-15,28-29H2,1-5H3/t17-,18?,19-,20?,21?,22?,23?,24?,25?,26-,27-/m1/s1. The molecule has 174 valence electrons. The highest BCUT2D eigenvalue weighted by molar-refractivity contribution is 5.13. The van der Waals surface area contributed by atoms with E-state index in [1.54, 1.807) is 0 Å². The summed E-state index contributed by atoms with van der Waals surface area (Å²) in [5, 5.41) is 10.5. The molecule has 3 nitrogen and oxygen atoms in total. The molecule has 0 aliphatic heterocycles. The fourth-order valence-electron chi connectivity index (χ4n) is 9.60. The van der Waals surface area contributed by atoms with E-state index < -0.39 is 6.10 Å². The van der Waals surface area contributed by atoms with Crippen molar-refractivity contribution >= 4 is 0 Å². The molecule has 0 aromatic heterocycles. The molecule has 5 N–H and O–H groups in total. The third-order valence-corrected chi connectivity index (χ3v) is 11.1. The van der Waals surface area contributed by atoms with E-state index in [1.807, 2.05) is 0 Å². The van der Waals surface area contributed by atoms with Crippen LogP contribution in [0.15, 0.2) is 0 Å². The van der Waals surface area contributed by atoms with Crippen LogP contribution in [0.3, 0.4) is 0 Å². The lowest BCUT2D eigenvalue weighted by atomic mass is 9.43. The van der Waals surface area contributed by atoms with Gasteiger partial charge in [-0.05, 0) is 97.2 Å². The van der Waals surface area contributed by atoms with Gasteiger partial charge in [-0.25, -0.2) is 0 Å². The zero-order chi connectivity index (χ0) is 21.8. The maximum Gasteiger partial charge on any atom is 0.0844 e. The molecule has 4 aliphatic carbocycles. The molecule has 4 fully saturated rings. The zero-order valence-electron chi connectivity index (χ0n) is 20.4. The SMILES string of the molecule is CC(C)CCC[C@@H](C)[C@H]1CCC2C3CCC4C(N)C(O)C(N)C[C@]4(C)C3CC[C@@]21C. The number of aliphatic hydroxyl groups is 1. The van der Waals surface area contributed by atoms with Crippen molar-refractivity contribution in [1.82, 2.24) is 0 Å². The van der Waals surface area contributed by atoms with Gasteiger partial charge in [-0.2, -0.15) is 0 Å². The lowest BCUT2D eigenvalue weighted by Crippen LogP contribution is -2.66. The van der Waals surface area contributed by atoms with Gasteiger partial charge in [0.25, 0.3) is 0 Å². The minimum atomic E-state index is -0.518. The van der Waals surface area contributed by atoms with Crippen molar-refractivity contribution in [1.29, 1.82) is 0 Å². The highest BCUT2D eigenvalue weighted by atomic mass is 16.3. The molecule has 0 heterocycles. The molecule has 0 bridgehead atoms. The van der Waals surface area contributed by atoms with Gasteiger partial charge in [-0.1, -0.05) is 53.9 Å². The van der Waals surface area contributed by atoms with Gasteiger partial charge in [-0.3, -0.25) is 0 Å². The zero-order valence-corrected chi connectivity index (χ0v) is 20.4. The van der Waals surface area contributed by atoms with Crippen molar-refractivity contribution in [3.8, 4) is 0 Å². The molecule has 11 atom stereocenters. The second-order valence-electron chi connectivity index (χ2n) is 13.0. The molecule has 30 heavy (non-hydrogen) atoms. The Morgan fingerprint density at radius 2 is 1.53 bits per heavy atom. The van der Waals surface area contributed by atoms with Crippen LogP contribution in [0.5, 0.6) is 0 Å². The fraction of sp³-hybridized carbons (Fsp3) is 1.00. The molecule has 4 aliphatic rings. The van der Waals surface area contributed by atoms with Gasteiger partial charge in [0.2, 0.25) is 0 Å². The van der Waals surface area contributed by atoms with Crippen LogP contribution in [-0.2, 0) is 0 Å². The Bertz CT molecular complexity index is 608. The van der Waals surface area contributed by atoms with Crippen molar-refractivity contribution in [2.24, 2.45) is 63.7 Å². The van der Waals surface area contributed by atoms with Crippen molar-refractivity contribution in [3.05, 3.63) is 0 Å². The first-order valence-corrected chi connectivity index (χ1v) is 13.3. The Labute approximate surface area is 186 Å². The smallest absolute Gasteiger partial charge is 0.0844 e. The molecule has 0 aromatic carbocycles. The summed E-state index contributed by atoms with van der Waals surface area (Å²) in [6, 6.07) is -0.282. The molecule has 3 heteroatoms. The summed E-state index contributed by atoms with van der Waals surface area (Å²) in [6.45, 7) is 12.4. The van der Waals surface area contributed by atoms with Gasteiger partial charge in [0.05, 0.1) is 6.10 Å². The van der Waals surface area contributed by atoms with Crippen molar-refractivity contribution < 1.29 is 5.11 Å². The van der Waals surface area contributed by atoms with Gasteiger partial charge in [0.1, 0.15) is 0 Å². The first-order valence-electron chi connectivity index (χ1n) is 13.3. The second-order valence-corrected chi connectivity index (χ2v) is 13.0. The Balaban J connectivity index is 1.50. The highest BCUT2D eigenvalue weighted by Crippen LogP contribution is 2.68. The largest absolute Gasteiger partial charge is 0.390 e. The summed E-state index contributed by atoms with van der Waals surface area (Å²) in [5.74, 6) is 5.58. The average molecular weight is 419 g/mol. The Morgan fingerprint density at radius 3 is 2.23 bits per heavy atom. The normalized spacial score (nSPS) is 51.9. The van der Waals surface area contributed by atoms with E-state index in [0.29, 0.717) is 11.3 Å². The van der Waals surface area contributed by atoms with E-state index in [9.17, 15) is 5.11 Å². The summed E-state index contributed by atoms with van der Waals surface area (Å²) in [4.78, 5) is 0. The van der Waals surface area contributed by atoms with Crippen molar-refractivity contribution in [2.45, 2.75) is 117 Å². The second kappa shape index (κ2) is 8.34. The fourth-order valence-corrected chi connectivity index (χ4v) is 9.60. The maximum absolute atomic E-state index is 10.5. The Kier molecular flexibility index (Phi) is 6.41. The maximum atomic E-state index is 10.5. The molecule has 0 radical (unpaired) electrons. The van der Waals surface area contributed by atoms with E-state index >= 15 is 0 Å². The summed E-state index contributed by atoms with van der Waals surface area (Å²) in [5.41, 5.74) is 13.7. The summed E-state index contributed by atoms with van der Waals surface area (Å²) in [6.07, 6.45) is 12.8. The first kappa shape index (κ1) is 23.1. The first-order chi connectivity index (χ1) is 14.1. The van der Waals surface area contributed by atoms with E-state index in [1.165, 1.54) is 57.8 Å². The lowest BCUT2D eigenvalue weighted by Gasteiger charge is -2.63. The third-order valence-electron chi connectivity index (χ3n) is 11.1. The van der Waals surface area contributed by atoms with Crippen LogP contribution in [0.1, 0.15) is 98.8 Å². The number of hydrogen-bond donors (Lipinski definition) is 3. The summed E-state index contributed by atoms with van der Waals surface area (Å²) < 4.78 is 0. The average Bonchev–Trinajstić information content (AvgIpc) is 3.03. The predicted octanol–water partition coefficient (Wildman–Crippen LogP) is 5.34. The molecule has 7 unspecified atom stereocenters. The van der Waals surface area contributed by atoms with Gasteiger partial charge in [0, 0.05) is 12.1 Å². The van der Waals surface area contributed by atoms with E-state index in [0.717, 1.165) is 41.9 Å². The van der Waals surface area contributed by atoms with Crippen LogP contribution in [0.25, 0.3) is 0 Å². The monoisotopic (exact) mass is 418 g/mol. The number of aliphatic hydroxyl groups excluding tert-OH is 1. The molecule has 0 amide bonds. The van der Waals surface area contributed by atoms with Crippen LogP contribution in [0.2, 0.25) is 0 Å². The molecule has 4 saturated carbocycles. The Hall–Kier alpha value is -0.120. The van der Waals surface area contributed by atoms with Crippen LogP contribution in [0.4, 0.5) is 0 Å². The molecule has 0 saturated heterocycles. The number of nitrogens with two attached hydrogens (primary N) is 2. The quantitative estimate of drug-likeness (QED) is 0.564. The predicted molar refractivity (Wildman–Crippen MR) is 126 cm³/mol. The molecular formula is C27H50N2O. The van der Waals surface area contributed by atoms with Gasteiger partial charge in [-0.15, -0.1) is 0 Å². The van der Waals surface area contributed by atoms with Crippen LogP contribution in [0, 0.1) is 52.3 Å². The number of rotatable bonds is 5. The van der Waals surface area contributed by atoms with Gasteiger partial charge < -0.3 is 16.6 Å². The lowest BCUT2D eigenvalue weighted by molar-refractivity contribution is -0.141. The molecule has 0 aromatic rings. The number of fused-ring (bicyclic) bond motifs is 5. The van der Waals surface area contributed by atoms with Crippen molar-refractivity contribution in [2.75, 3.05) is 0 Å². The molecule has 0 spiro atoms. The minimum Gasteiger partial charge on any atom is -0.390 e. The Morgan fingerprint density at radius 1 is 0.867 bits per heavy atom.